The summed E-state index contributed by atoms with van der Waals surface area (Å²) in [5.74, 6) is 0. The van der Waals surface area contributed by atoms with E-state index < -0.39 is 0 Å². The number of rotatable bonds is 4. The maximum absolute atomic E-state index is 5.74. The van der Waals surface area contributed by atoms with E-state index in [9.17, 15) is 0 Å². The summed E-state index contributed by atoms with van der Waals surface area (Å²) in [7, 11) is 0. The predicted molar refractivity (Wildman–Crippen MR) is 61.2 cm³/mol. The molecule has 1 aliphatic heterocycles. The molecule has 1 aromatic rings. The third kappa shape index (κ3) is 2.79. The maximum Gasteiger partial charge on any atom is 0.153 e. The fourth-order valence-electron chi connectivity index (χ4n) is 1.82. The summed E-state index contributed by atoms with van der Waals surface area (Å²) in [6.45, 7) is 5.60. The summed E-state index contributed by atoms with van der Waals surface area (Å²) in [6.07, 6.45) is 2.92. The predicted octanol–water partition coefficient (Wildman–Crippen LogP) is 1.64. The minimum Gasteiger partial charge on any atom is -0.378 e. The first-order valence-corrected chi connectivity index (χ1v) is 5.63. The molecule has 2 heterocycles. The fourth-order valence-corrected chi connectivity index (χ4v) is 1.98. The number of anilines is 1. The van der Waals surface area contributed by atoms with E-state index >= 15 is 0 Å². The lowest BCUT2D eigenvalue weighted by atomic mass is 10.1. The highest BCUT2D eigenvalue weighted by molar-refractivity contribution is 6.29. The quantitative estimate of drug-likeness (QED) is 0.848. The molecular formula is C10H15ClN4. The molecule has 0 aliphatic carbocycles. The van der Waals surface area contributed by atoms with Gasteiger partial charge in [-0.3, -0.25) is 4.90 Å². The number of likely N-dealkylation sites (tertiary alicyclic amines) is 1. The van der Waals surface area contributed by atoms with Crippen molar-refractivity contribution < 1.29 is 0 Å². The normalized spacial score (nSPS) is 17.5. The van der Waals surface area contributed by atoms with Crippen LogP contribution in [-0.4, -0.2) is 40.8 Å². The van der Waals surface area contributed by atoms with Gasteiger partial charge in [0, 0.05) is 19.2 Å². The van der Waals surface area contributed by atoms with Crippen LogP contribution >= 0.6 is 11.6 Å². The molecule has 82 valence electrons. The molecule has 0 amide bonds. The van der Waals surface area contributed by atoms with Crippen LogP contribution in [0.25, 0.3) is 0 Å². The van der Waals surface area contributed by atoms with E-state index in [1.165, 1.54) is 13.0 Å². The minimum absolute atomic E-state index is 0.435. The van der Waals surface area contributed by atoms with Crippen molar-refractivity contribution >= 4 is 17.3 Å². The molecule has 0 bridgehead atoms. The van der Waals surface area contributed by atoms with E-state index in [1.807, 2.05) is 0 Å². The van der Waals surface area contributed by atoms with Gasteiger partial charge >= 0.3 is 0 Å². The number of aromatic nitrogens is 2. The highest BCUT2D eigenvalue weighted by atomic mass is 35.5. The molecule has 1 N–H and O–H groups in total. The van der Waals surface area contributed by atoms with Gasteiger partial charge in [0.15, 0.2) is 5.15 Å². The summed E-state index contributed by atoms with van der Waals surface area (Å²) in [5.41, 5.74) is 0.955. The van der Waals surface area contributed by atoms with Crippen LogP contribution in [-0.2, 0) is 0 Å². The standard InChI is InChI=1S/C10H15ClN4/c1-2-3-15-6-9(7-15)13-8-4-10(11)14-12-5-8/h4-5,9H,2-3,6-7H2,1H3,(H,13,14). The van der Waals surface area contributed by atoms with Crippen LogP contribution in [0.5, 0.6) is 0 Å². The Kier molecular flexibility index (Phi) is 3.38. The largest absolute Gasteiger partial charge is 0.378 e. The Hall–Kier alpha value is -0.870. The molecule has 0 unspecified atom stereocenters. The van der Waals surface area contributed by atoms with Crippen LogP contribution in [0, 0.1) is 0 Å². The van der Waals surface area contributed by atoms with E-state index in [-0.39, 0.29) is 0 Å². The maximum atomic E-state index is 5.74. The Morgan fingerprint density at radius 1 is 1.60 bits per heavy atom. The van der Waals surface area contributed by atoms with E-state index in [2.05, 4.69) is 27.3 Å². The van der Waals surface area contributed by atoms with Gasteiger partial charge in [0.05, 0.1) is 17.9 Å². The average Bonchev–Trinajstić information content (AvgIpc) is 2.15. The molecule has 1 saturated heterocycles. The summed E-state index contributed by atoms with van der Waals surface area (Å²) < 4.78 is 0. The van der Waals surface area contributed by atoms with E-state index in [4.69, 9.17) is 11.6 Å². The molecule has 1 aromatic heterocycles. The highest BCUT2D eigenvalue weighted by Crippen LogP contribution is 2.16. The van der Waals surface area contributed by atoms with Gasteiger partial charge < -0.3 is 5.32 Å². The molecule has 4 nitrogen and oxygen atoms in total. The van der Waals surface area contributed by atoms with Crippen molar-refractivity contribution in [1.29, 1.82) is 0 Å². The van der Waals surface area contributed by atoms with E-state index in [0.717, 1.165) is 18.8 Å². The SMILES string of the molecule is CCCN1CC(Nc2cnnc(Cl)c2)C1. The van der Waals surface area contributed by atoms with Crippen molar-refractivity contribution in [2.45, 2.75) is 19.4 Å². The van der Waals surface area contributed by atoms with Crippen molar-refractivity contribution in [3.05, 3.63) is 17.4 Å². The monoisotopic (exact) mass is 226 g/mol. The van der Waals surface area contributed by atoms with Crippen molar-refractivity contribution in [2.24, 2.45) is 0 Å². The van der Waals surface area contributed by atoms with Crippen LogP contribution in [0.1, 0.15) is 13.3 Å². The lowest BCUT2D eigenvalue weighted by Gasteiger charge is -2.39. The van der Waals surface area contributed by atoms with Crippen molar-refractivity contribution in [3.8, 4) is 0 Å². The highest BCUT2D eigenvalue weighted by Gasteiger charge is 2.25. The molecule has 0 radical (unpaired) electrons. The molecule has 5 heteroatoms. The van der Waals surface area contributed by atoms with Gasteiger partial charge in [-0.2, -0.15) is 5.10 Å². The first-order chi connectivity index (χ1) is 7.28. The second-order valence-corrected chi connectivity index (χ2v) is 4.26. The van der Waals surface area contributed by atoms with E-state index in [1.54, 1.807) is 12.3 Å². The fraction of sp³-hybridized carbons (Fsp3) is 0.600. The summed E-state index contributed by atoms with van der Waals surface area (Å²) in [6, 6.07) is 2.33. The van der Waals surface area contributed by atoms with Crippen LogP contribution < -0.4 is 5.32 Å². The summed E-state index contributed by atoms with van der Waals surface area (Å²) >= 11 is 5.74. The zero-order valence-electron chi connectivity index (χ0n) is 8.78. The van der Waals surface area contributed by atoms with Crippen LogP contribution in [0.15, 0.2) is 12.3 Å². The Morgan fingerprint density at radius 3 is 3.07 bits per heavy atom. The summed E-state index contributed by atoms with van der Waals surface area (Å²) in [4.78, 5) is 2.42. The van der Waals surface area contributed by atoms with Gasteiger partial charge in [0.1, 0.15) is 0 Å². The number of hydrogen-bond acceptors (Lipinski definition) is 4. The van der Waals surface area contributed by atoms with Crippen LogP contribution in [0.2, 0.25) is 5.15 Å². The molecule has 1 fully saturated rings. The Balaban J connectivity index is 1.80. The molecule has 15 heavy (non-hydrogen) atoms. The minimum atomic E-state index is 0.435. The number of nitrogens with one attached hydrogen (secondary N) is 1. The Morgan fingerprint density at radius 2 is 2.40 bits per heavy atom. The molecular weight excluding hydrogens is 212 g/mol. The van der Waals surface area contributed by atoms with E-state index in [0.29, 0.717) is 11.2 Å². The number of nitrogens with zero attached hydrogens (tertiary/aromatic N) is 3. The smallest absolute Gasteiger partial charge is 0.153 e. The third-order valence-corrected chi connectivity index (χ3v) is 2.68. The van der Waals surface area contributed by atoms with Gasteiger partial charge in [-0.15, -0.1) is 5.10 Å². The van der Waals surface area contributed by atoms with Gasteiger partial charge in [-0.1, -0.05) is 18.5 Å². The zero-order valence-corrected chi connectivity index (χ0v) is 9.54. The third-order valence-electron chi connectivity index (χ3n) is 2.49. The van der Waals surface area contributed by atoms with Gasteiger partial charge in [-0.05, 0) is 13.0 Å². The molecule has 0 saturated carbocycles. The van der Waals surface area contributed by atoms with Crippen molar-refractivity contribution in [3.63, 3.8) is 0 Å². The molecule has 1 aliphatic rings. The second kappa shape index (κ2) is 4.77. The zero-order chi connectivity index (χ0) is 10.7. The Labute approximate surface area is 94.6 Å². The second-order valence-electron chi connectivity index (χ2n) is 3.87. The number of hydrogen-bond donors (Lipinski definition) is 1. The number of halogens is 1. The van der Waals surface area contributed by atoms with Crippen molar-refractivity contribution in [1.82, 2.24) is 15.1 Å². The average molecular weight is 227 g/mol. The van der Waals surface area contributed by atoms with Gasteiger partial charge in [-0.25, -0.2) is 0 Å². The van der Waals surface area contributed by atoms with Crippen LogP contribution in [0.4, 0.5) is 5.69 Å². The molecule has 0 aromatic carbocycles. The first kappa shape index (κ1) is 10.6. The lowest BCUT2D eigenvalue weighted by Crippen LogP contribution is -2.54. The molecule has 2 rings (SSSR count). The molecule has 0 spiro atoms. The topological polar surface area (TPSA) is 41.0 Å². The summed E-state index contributed by atoms with van der Waals surface area (Å²) in [5, 5.41) is 11.3. The molecule has 0 atom stereocenters. The lowest BCUT2D eigenvalue weighted by molar-refractivity contribution is 0.162. The van der Waals surface area contributed by atoms with Gasteiger partial charge in [0.2, 0.25) is 0 Å². The first-order valence-electron chi connectivity index (χ1n) is 5.25. The Bertz CT molecular complexity index is 325. The van der Waals surface area contributed by atoms with Crippen molar-refractivity contribution in [2.75, 3.05) is 25.0 Å². The van der Waals surface area contributed by atoms with Gasteiger partial charge in [0.25, 0.3) is 0 Å². The van der Waals surface area contributed by atoms with Crippen LogP contribution in [0.3, 0.4) is 0 Å².